The summed E-state index contributed by atoms with van der Waals surface area (Å²) in [6, 6.07) is 13.4. The van der Waals surface area contributed by atoms with Crippen LogP contribution in [0.1, 0.15) is 38.8 Å². The topological polar surface area (TPSA) is 58.6 Å². The van der Waals surface area contributed by atoms with E-state index in [9.17, 15) is 9.59 Å². The summed E-state index contributed by atoms with van der Waals surface area (Å²) >= 11 is 0. The Bertz CT molecular complexity index is 851. The van der Waals surface area contributed by atoms with Crippen molar-refractivity contribution in [2.24, 2.45) is 0 Å². The van der Waals surface area contributed by atoms with Gasteiger partial charge in [-0.3, -0.25) is 9.59 Å². The molecule has 3 rings (SSSR count). The standard InChI is InChI=1S/C22H26N2O3/c1-15(25)24-12-11-16-13-18(7-10-20(16)24)23-21(26)14-27-19-8-5-17(6-9-19)22(2,3)4/h5-10,13H,11-12,14H2,1-4H3,(H,23,26). The molecule has 2 aromatic carbocycles. The molecule has 1 aliphatic rings. The smallest absolute Gasteiger partial charge is 0.262 e. The van der Waals surface area contributed by atoms with Gasteiger partial charge < -0.3 is 15.0 Å². The van der Waals surface area contributed by atoms with Crippen LogP contribution in [-0.2, 0) is 21.4 Å². The van der Waals surface area contributed by atoms with Gasteiger partial charge in [-0.1, -0.05) is 32.9 Å². The van der Waals surface area contributed by atoms with Crippen molar-refractivity contribution in [2.45, 2.75) is 39.5 Å². The second-order valence-corrected chi connectivity index (χ2v) is 7.88. The van der Waals surface area contributed by atoms with Crippen molar-refractivity contribution in [3.05, 3.63) is 53.6 Å². The maximum atomic E-state index is 12.2. The lowest BCUT2D eigenvalue weighted by atomic mass is 9.87. The Morgan fingerprint density at radius 3 is 2.44 bits per heavy atom. The Morgan fingerprint density at radius 1 is 1.11 bits per heavy atom. The minimum absolute atomic E-state index is 0.0383. The molecule has 0 bridgehead atoms. The first-order valence-corrected chi connectivity index (χ1v) is 9.18. The Balaban J connectivity index is 1.56. The Kier molecular flexibility index (Phi) is 5.22. The van der Waals surface area contributed by atoms with Gasteiger partial charge >= 0.3 is 0 Å². The fraction of sp³-hybridized carbons (Fsp3) is 0.364. The number of nitrogens with zero attached hydrogens (tertiary/aromatic N) is 1. The highest BCUT2D eigenvalue weighted by Crippen LogP contribution is 2.30. The average molecular weight is 366 g/mol. The van der Waals surface area contributed by atoms with E-state index in [4.69, 9.17) is 4.74 Å². The van der Waals surface area contributed by atoms with E-state index in [1.54, 1.807) is 11.8 Å². The number of amides is 2. The summed E-state index contributed by atoms with van der Waals surface area (Å²) in [5, 5.41) is 2.85. The minimum atomic E-state index is -0.212. The lowest BCUT2D eigenvalue weighted by Gasteiger charge is -2.19. The van der Waals surface area contributed by atoms with Crippen molar-refractivity contribution in [3.63, 3.8) is 0 Å². The number of anilines is 2. The zero-order valence-corrected chi connectivity index (χ0v) is 16.3. The van der Waals surface area contributed by atoms with Crippen molar-refractivity contribution in [3.8, 4) is 5.75 Å². The number of fused-ring (bicyclic) bond motifs is 1. The van der Waals surface area contributed by atoms with E-state index in [0.29, 0.717) is 12.3 Å². The fourth-order valence-corrected chi connectivity index (χ4v) is 3.20. The van der Waals surface area contributed by atoms with Gasteiger partial charge in [0.1, 0.15) is 5.75 Å². The van der Waals surface area contributed by atoms with Crippen LogP contribution >= 0.6 is 0 Å². The molecule has 5 heteroatoms. The maximum Gasteiger partial charge on any atom is 0.262 e. The lowest BCUT2D eigenvalue weighted by Crippen LogP contribution is -2.25. The van der Waals surface area contributed by atoms with Crippen molar-refractivity contribution < 1.29 is 14.3 Å². The van der Waals surface area contributed by atoms with Gasteiger partial charge in [0.25, 0.3) is 5.91 Å². The van der Waals surface area contributed by atoms with E-state index in [2.05, 4.69) is 26.1 Å². The number of hydrogen-bond donors (Lipinski definition) is 1. The number of ether oxygens (including phenoxy) is 1. The maximum absolute atomic E-state index is 12.2. The number of benzene rings is 2. The summed E-state index contributed by atoms with van der Waals surface area (Å²) in [6.07, 6.45) is 0.801. The van der Waals surface area contributed by atoms with E-state index in [1.165, 1.54) is 5.56 Å². The van der Waals surface area contributed by atoms with Gasteiger partial charge in [0.15, 0.2) is 6.61 Å². The van der Waals surface area contributed by atoms with Gasteiger partial charge in [-0.25, -0.2) is 0 Å². The zero-order chi connectivity index (χ0) is 19.6. The van der Waals surface area contributed by atoms with Crippen LogP contribution in [0.4, 0.5) is 11.4 Å². The molecule has 5 nitrogen and oxygen atoms in total. The fourth-order valence-electron chi connectivity index (χ4n) is 3.20. The van der Waals surface area contributed by atoms with Crippen LogP contribution in [-0.4, -0.2) is 25.0 Å². The molecular formula is C22H26N2O3. The summed E-state index contributed by atoms with van der Waals surface area (Å²) < 4.78 is 5.58. The van der Waals surface area contributed by atoms with Crippen molar-refractivity contribution in [1.82, 2.24) is 0 Å². The largest absolute Gasteiger partial charge is 0.484 e. The molecule has 0 saturated carbocycles. The second kappa shape index (κ2) is 7.43. The number of carbonyl (C=O) groups excluding carboxylic acids is 2. The van der Waals surface area contributed by atoms with E-state index in [-0.39, 0.29) is 23.8 Å². The Hall–Kier alpha value is -2.82. The Morgan fingerprint density at radius 2 is 1.81 bits per heavy atom. The van der Waals surface area contributed by atoms with Gasteiger partial charge in [-0.2, -0.15) is 0 Å². The van der Waals surface area contributed by atoms with Crippen LogP contribution in [0.5, 0.6) is 5.75 Å². The highest BCUT2D eigenvalue weighted by atomic mass is 16.5. The SMILES string of the molecule is CC(=O)N1CCc2cc(NC(=O)COc3ccc(C(C)(C)C)cc3)ccc21. The lowest BCUT2D eigenvalue weighted by molar-refractivity contribution is -0.118. The molecular weight excluding hydrogens is 340 g/mol. The molecule has 0 aromatic heterocycles. The van der Waals surface area contributed by atoms with Gasteiger partial charge in [-0.15, -0.1) is 0 Å². The van der Waals surface area contributed by atoms with Crippen LogP contribution in [0.25, 0.3) is 0 Å². The molecule has 2 amide bonds. The third kappa shape index (κ3) is 4.48. The zero-order valence-electron chi connectivity index (χ0n) is 16.3. The molecule has 0 aliphatic carbocycles. The van der Waals surface area contributed by atoms with E-state index < -0.39 is 0 Å². The van der Waals surface area contributed by atoms with Crippen LogP contribution in [0, 0.1) is 0 Å². The van der Waals surface area contributed by atoms with E-state index >= 15 is 0 Å². The first kappa shape index (κ1) is 19.0. The number of nitrogens with one attached hydrogen (secondary N) is 1. The second-order valence-electron chi connectivity index (χ2n) is 7.88. The van der Waals surface area contributed by atoms with Gasteiger partial charge in [0.05, 0.1) is 0 Å². The highest BCUT2D eigenvalue weighted by molar-refractivity contribution is 5.95. The first-order valence-electron chi connectivity index (χ1n) is 9.18. The molecule has 27 heavy (non-hydrogen) atoms. The molecule has 142 valence electrons. The van der Waals surface area contributed by atoms with Crippen molar-refractivity contribution >= 4 is 23.2 Å². The summed E-state index contributed by atoms with van der Waals surface area (Å²) in [7, 11) is 0. The van der Waals surface area contributed by atoms with Crippen molar-refractivity contribution in [2.75, 3.05) is 23.4 Å². The predicted octanol–water partition coefficient (Wildman–Crippen LogP) is 3.91. The monoisotopic (exact) mass is 366 g/mol. The molecule has 0 unspecified atom stereocenters. The van der Waals surface area contributed by atoms with Gasteiger partial charge in [0, 0.05) is 24.8 Å². The molecule has 1 aliphatic heterocycles. The highest BCUT2D eigenvalue weighted by Gasteiger charge is 2.22. The van der Waals surface area contributed by atoms with Gasteiger partial charge in [-0.05, 0) is 53.3 Å². The van der Waals surface area contributed by atoms with Crippen LogP contribution in [0.3, 0.4) is 0 Å². The van der Waals surface area contributed by atoms with Crippen LogP contribution in [0.15, 0.2) is 42.5 Å². The molecule has 1 heterocycles. The van der Waals surface area contributed by atoms with Crippen LogP contribution < -0.4 is 15.0 Å². The van der Waals surface area contributed by atoms with E-state index in [1.807, 2.05) is 42.5 Å². The third-order valence-electron chi connectivity index (χ3n) is 4.73. The molecule has 0 spiro atoms. The van der Waals surface area contributed by atoms with Crippen LogP contribution in [0.2, 0.25) is 0 Å². The van der Waals surface area contributed by atoms with E-state index in [0.717, 1.165) is 23.4 Å². The summed E-state index contributed by atoms with van der Waals surface area (Å²) in [4.78, 5) is 25.5. The molecule has 2 aromatic rings. The Labute approximate surface area is 160 Å². The molecule has 0 atom stereocenters. The average Bonchev–Trinajstić information content (AvgIpc) is 3.03. The summed E-state index contributed by atoms with van der Waals surface area (Å²) in [5.74, 6) is 0.497. The number of hydrogen-bond acceptors (Lipinski definition) is 3. The molecule has 0 radical (unpaired) electrons. The van der Waals surface area contributed by atoms with Crippen molar-refractivity contribution in [1.29, 1.82) is 0 Å². The number of rotatable bonds is 4. The summed E-state index contributed by atoms with van der Waals surface area (Å²) in [5.41, 5.74) is 4.02. The molecule has 1 N–H and O–H groups in total. The quantitative estimate of drug-likeness (QED) is 0.892. The third-order valence-corrected chi connectivity index (χ3v) is 4.73. The summed E-state index contributed by atoms with van der Waals surface area (Å²) in [6.45, 7) is 8.67. The first-order chi connectivity index (χ1) is 12.7. The predicted molar refractivity (Wildman–Crippen MR) is 107 cm³/mol. The molecule has 0 saturated heterocycles. The van der Waals surface area contributed by atoms with Gasteiger partial charge in [0.2, 0.25) is 5.91 Å². The minimum Gasteiger partial charge on any atom is -0.484 e. The molecule has 0 fully saturated rings. The normalized spacial score (nSPS) is 13.3. The number of carbonyl (C=O) groups is 2.